The van der Waals surface area contributed by atoms with E-state index < -0.39 is 5.97 Å². The average Bonchev–Trinajstić information content (AvgIpc) is 3.17. The third-order valence-electron chi connectivity index (χ3n) is 4.81. The van der Waals surface area contributed by atoms with Crippen molar-refractivity contribution in [2.24, 2.45) is 0 Å². The molecule has 25 heavy (non-hydrogen) atoms. The van der Waals surface area contributed by atoms with Crippen molar-refractivity contribution in [3.8, 4) is 0 Å². The molecule has 2 aliphatic rings. The monoisotopic (exact) mass is 379 g/mol. The summed E-state index contributed by atoms with van der Waals surface area (Å²) in [6.07, 6.45) is 5.66. The normalized spacial score (nSPS) is 20.1. The van der Waals surface area contributed by atoms with Crippen LogP contribution in [-0.2, 0) is 14.3 Å². The van der Waals surface area contributed by atoms with Crippen molar-refractivity contribution in [3.63, 3.8) is 0 Å². The fourth-order valence-corrected chi connectivity index (χ4v) is 4.10. The molecule has 0 N–H and O–H groups in total. The molecular weight excluding hydrogens is 361 g/mol. The molecule has 0 spiro atoms. The Bertz CT molecular complexity index is 772. The molecule has 0 saturated heterocycles. The van der Waals surface area contributed by atoms with Gasteiger partial charge in [0.15, 0.2) is 0 Å². The lowest BCUT2D eigenvalue weighted by Gasteiger charge is -2.25. The quantitative estimate of drug-likeness (QED) is 0.568. The number of halogens is 2. The van der Waals surface area contributed by atoms with Crippen LogP contribution in [0, 0.1) is 0 Å². The minimum Gasteiger partial charge on any atom is -0.465 e. The Balaban J connectivity index is 2.12. The molecule has 1 fully saturated rings. The van der Waals surface area contributed by atoms with Gasteiger partial charge in [-0.3, -0.25) is 4.79 Å². The standard InChI is InChI=1S/C19H19Cl2NO3/c1-11-17(19(24)25-2)14(10-13-15(20)8-5-9-16(13)21)18(23)22(11)12-6-3-4-7-12/h5,8-10,12H,3-4,6-7H2,1-2H3/b14-10-. The molecule has 1 saturated carbocycles. The highest BCUT2D eigenvalue weighted by molar-refractivity contribution is 6.37. The van der Waals surface area contributed by atoms with Crippen molar-refractivity contribution in [1.82, 2.24) is 4.90 Å². The highest BCUT2D eigenvalue weighted by Gasteiger charge is 2.41. The number of amides is 1. The summed E-state index contributed by atoms with van der Waals surface area (Å²) >= 11 is 12.5. The largest absolute Gasteiger partial charge is 0.465 e. The molecule has 0 radical (unpaired) electrons. The maximum atomic E-state index is 13.1. The number of carbonyl (C=O) groups is 2. The number of rotatable bonds is 3. The highest BCUT2D eigenvalue weighted by Crippen LogP contribution is 2.38. The van der Waals surface area contributed by atoms with Gasteiger partial charge in [-0.2, -0.15) is 0 Å². The van der Waals surface area contributed by atoms with Gasteiger partial charge in [0.2, 0.25) is 0 Å². The van der Waals surface area contributed by atoms with Gasteiger partial charge >= 0.3 is 5.97 Å². The first-order valence-electron chi connectivity index (χ1n) is 8.24. The zero-order chi connectivity index (χ0) is 18.1. The van der Waals surface area contributed by atoms with Gasteiger partial charge in [-0.1, -0.05) is 42.1 Å². The lowest BCUT2D eigenvalue weighted by atomic mass is 10.0. The fourth-order valence-electron chi connectivity index (χ4n) is 3.59. The molecule has 1 aromatic carbocycles. The van der Waals surface area contributed by atoms with Crippen LogP contribution in [0.4, 0.5) is 0 Å². The van der Waals surface area contributed by atoms with Crippen molar-refractivity contribution in [2.75, 3.05) is 7.11 Å². The first-order chi connectivity index (χ1) is 12.0. The van der Waals surface area contributed by atoms with Gasteiger partial charge in [-0.15, -0.1) is 0 Å². The van der Waals surface area contributed by atoms with Gasteiger partial charge in [0, 0.05) is 27.3 Å². The summed E-state index contributed by atoms with van der Waals surface area (Å²) in [7, 11) is 1.31. The van der Waals surface area contributed by atoms with Crippen LogP contribution < -0.4 is 0 Å². The molecule has 0 aromatic heterocycles. The Labute approximate surface area is 157 Å². The summed E-state index contributed by atoms with van der Waals surface area (Å²) in [4.78, 5) is 27.1. The number of hydrogen-bond donors (Lipinski definition) is 0. The molecule has 0 atom stereocenters. The van der Waals surface area contributed by atoms with Crippen molar-refractivity contribution >= 4 is 41.2 Å². The van der Waals surface area contributed by atoms with Crippen molar-refractivity contribution in [2.45, 2.75) is 38.6 Å². The van der Waals surface area contributed by atoms with E-state index in [-0.39, 0.29) is 23.1 Å². The number of methoxy groups -OCH3 is 1. The molecular formula is C19H19Cl2NO3. The molecule has 4 nitrogen and oxygen atoms in total. The second kappa shape index (κ2) is 7.22. The van der Waals surface area contributed by atoms with E-state index in [9.17, 15) is 9.59 Å². The Hall–Kier alpha value is -1.78. The first kappa shape index (κ1) is 18.0. The van der Waals surface area contributed by atoms with E-state index in [1.165, 1.54) is 7.11 Å². The van der Waals surface area contributed by atoms with Gasteiger partial charge in [0.05, 0.1) is 18.3 Å². The van der Waals surface area contributed by atoms with Crippen LogP contribution >= 0.6 is 23.2 Å². The summed E-state index contributed by atoms with van der Waals surface area (Å²) < 4.78 is 4.91. The number of nitrogens with zero attached hydrogens (tertiary/aromatic N) is 1. The number of allylic oxidation sites excluding steroid dienone is 1. The van der Waals surface area contributed by atoms with E-state index in [1.54, 1.807) is 36.1 Å². The topological polar surface area (TPSA) is 46.6 Å². The van der Waals surface area contributed by atoms with E-state index in [2.05, 4.69) is 0 Å². The minimum atomic E-state index is -0.527. The number of esters is 1. The fraction of sp³-hybridized carbons (Fsp3) is 0.368. The number of carbonyl (C=O) groups excluding carboxylic acids is 2. The second-order valence-corrected chi connectivity index (χ2v) is 7.07. The van der Waals surface area contributed by atoms with Gasteiger partial charge in [-0.05, 0) is 38.0 Å². The molecule has 3 rings (SSSR count). The molecule has 132 valence electrons. The molecule has 1 aliphatic carbocycles. The molecule has 0 unspecified atom stereocenters. The molecule has 1 heterocycles. The molecule has 1 amide bonds. The van der Waals surface area contributed by atoms with E-state index >= 15 is 0 Å². The van der Waals surface area contributed by atoms with Crippen molar-refractivity contribution in [1.29, 1.82) is 0 Å². The number of benzene rings is 1. The number of hydrogen-bond acceptors (Lipinski definition) is 3. The van der Waals surface area contributed by atoms with Gasteiger partial charge in [0.25, 0.3) is 5.91 Å². The molecule has 1 aliphatic heterocycles. The third-order valence-corrected chi connectivity index (χ3v) is 5.47. The van der Waals surface area contributed by atoms with E-state index in [1.807, 2.05) is 0 Å². The second-order valence-electron chi connectivity index (χ2n) is 6.26. The highest BCUT2D eigenvalue weighted by atomic mass is 35.5. The van der Waals surface area contributed by atoms with Crippen LogP contribution in [0.2, 0.25) is 10.0 Å². The SMILES string of the molecule is COC(=O)C1=C(C)N(C2CCCC2)C(=O)/C1=C\c1c(Cl)cccc1Cl. The minimum absolute atomic E-state index is 0.125. The molecule has 6 heteroatoms. The van der Waals surface area contributed by atoms with Gasteiger partial charge in [0.1, 0.15) is 0 Å². The third kappa shape index (κ3) is 3.21. The zero-order valence-electron chi connectivity index (χ0n) is 14.1. The van der Waals surface area contributed by atoms with Gasteiger partial charge in [-0.25, -0.2) is 4.79 Å². The smallest absolute Gasteiger partial charge is 0.340 e. The van der Waals surface area contributed by atoms with E-state index in [0.717, 1.165) is 25.7 Å². The van der Waals surface area contributed by atoms with Crippen LogP contribution in [0.25, 0.3) is 6.08 Å². The van der Waals surface area contributed by atoms with Crippen LogP contribution in [-0.4, -0.2) is 29.9 Å². The van der Waals surface area contributed by atoms with E-state index in [0.29, 0.717) is 21.3 Å². The molecule has 1 aromatic rings. The van der Waals surface area contributed by atoms with E-state index in [4.69, 9.17) is 27.9 Å². The summed E-state index contributed by atoms with van der Waals surface area (Å²) in [6, 6.07) is 5.25. The maximum absolute atomic E-state index is 13.1. The Morgan fingerprint density at radius 1 is 1.24 bits per heavy atom. The summed E-state index contributed by atoms with van der Waals surface area (Å²) in [5, 5.41) is 0.850. The maximum Gasteiger partial charge on any atom is 0.340 e. The predicted molar refractivity (Wildman–Crippen MR) is 98.3 cm³/mol. The van der Waals surface area contributed by atoms with Crippen molar-refractivity contribution in [3.05, 3.63) is 50.7 Å². The Kier molecular flexibility index (Phi) is 5.21. The van der Waals surface area contributed by atoms with Crippen LogP contribution in [0.5, 0.6) is 0 Å². The average molecular weight is 380 g/mol. The zero-order valence-corrected chi connectivity index (χ0v) is 15.7. The lowest BCUT2D eigenvalue weighted by Crippen LogP contribution is -2.34. The predicted octanol–water partition coefficient (Wildman–Crippen LogP) is 4.61. The van der Waals surface area contributed by atoms with Crippen LogP contribution in [0.3, 0.4) is 0 Å². The summed E-state index contributed by atoms with van der Waals surface area (Å²) in [5.74, 6) is -0.721. The first-order valence-corrected chi connectivity index (χ1v) is 9.00. The van der Waals surface area contributed by atoms with Crippen molar-refractivity contribution < 1.29 is 14.3 Å². The Morgan fingerprint density at radius 3 is 2.40 bits per heavy atom. The Morgan fingerprint density at radius 2 is 1.84 bits per heavy atom. The summed E-state index contributed by atoms with van der Waals surface area (Å²) in [5.41, 5.74) is 1.73. The van der Waals surface area contributed by atoms with Crippen LogP contribution in [0.1, 0.15) is 38.2 Å². The number of ether oxygens (including phenoxy) is 1. The summed E-state index contributed by atoms with van der Waals surface area (Å²) in [6.45, 7) is 1.79. The van der Waals surface area contributed by atoms with Crippen LogP contribution in [0.15, 0.2) is 35.0 Å². The molecule has 0 bridgehead atoms. The lowest BCUT2D eigenvalue weighted by molar-refractivity contribution is -0.136. The van der Waals surface area contributed by atoms with Gasteiger partial charge < -0.3 is 9.64 Å².